The summed E-state index contributed by atoms with van der Waals surface area (Å²) in [6, 6.07) is 4.37. The Bertz CT molecular complexity index is 1100. The molecule has 0 saturated carbocycles. The molecule has 0 unspecified atom stereocenters. The second-order valence-electron chi connectivity index (χ2n) is 7.53. The van der Waals surface area contributed by atoms with Gasteiger partial charge in [0.05, 0.1) is 18.9 Å². The van der Waals surface area contributed by atoms with Crippen LogP contribution in [-0.2, 0) is 30.8 Å². The van der Waals surface area contributed by atoms with Crippen molar-refractivity contribution in [3.63, 3.8) is 0 Å². The largest absolute Gasteiger partial charge is 0.467 e. The van der Waals surface area contributed by atoms with E-state index in [2.05, 4.69) is 15.3 Å². The van der Waals surface area contributed by atoms with Crippen molar-refractivity contribution in [2.45, 2.75) is 18.5 Å². The molecule has 0 aliphatic carbocycles. The number of pyridine rings is 2. The van der Waals surface area contributed by atoms with E-state index in [0.29, 0.717) is 11.1 Å². The van der Waals surface area contributed by atoms with Crippen LogP contribution in [0, 0.1) is 0 Å². The van der Waals surface area contributed by atoms with Crippen LogP contribution in [0.25, 0.3) is 0 Å². The number of hydrogen-bond donors (Lipinski definition) is 1. The second-order valence-corrected chi connectivity index (χ2v) is 9.47. The number of carbonyl (C=O) groups excluding carboxylic acids is 3. The van der Waals surface area contributed by atoms with E-state index in [1.165, 1.54) is 24.4 Å². The summed E-state index contributed by atoms with van der Waals surface area (Å²) in [5.74, 6) is -1.76. The molecule has 33 heavy (non-hydrogen) atoms. The predicted octanol–water partition coefficient (Wildman–Crippen LogP) is -0.537. The molecule has 2 atom stereocenters. The van der Waals surface area contributed by atoms with Crippen LogP contribution in [0.1, 0.15) is 15.9 Å². The third-order valence-corrected chi connectivity index (χ3v) is 6.51. The number of methoxy groups -OCH3 is 1. The highest BCUT2D eigenvalue weighted by Gasteiger charge is 2.40. The summed E-state index contributed by atoms with van der Waals surface area (Å²) in [7, 11) is -2.56. The zero-order valence-corrected chi connectivity index (χ0v) is 19.1. The molecule has 1 fully saturated rings. The molecule has 0 aromatic carbocycles. The maximum absolute atomic E-state index is 13.2. The van der Waals surface area contributed by atoms with Crippen molar-refractivity contribution in [1.82, 2.24) is 24.5 Å². The lowest BCUT2D eigenvalue weighted by atomic mass is 10.1. The van der Waals surface area contributed by atoms with Crippen LogP contribution >= 0.6 is 0 Å². The van der Waals surface area contributed by atoms with Crippen LogP contribution in [0.2, 0.25) is 0 Å². The van der Waals surface area contributed by atoms with E-state index in [1.807, 2.05) is 0 Å². The fourth-order valence-corrected chi connectivity index (χ4v) is 4.63. The van der Waals surface area contributed by atoms with E-state index in [9.17, 15) is 22.8 Å². The van der Waals surface area contributed by atoms with Gasteiger partial charge in [-0.25, -0.2) is 13.2 Å². The Morgan fingerprint density at radius 3 is 2.42 bits per heavy atom. The van der Waals surface area contributed by atoms with Crippen molar-refractivity contribution < 1.29 is 27.5 Å². The lowest BCUT2D eigenvalue weighted by Gasteiger charge is -2.39. The molecule has 3 heterocycles. The maximum Gasteiger partial charge on any atom is 0.328 e. The summed E-state index contributed by atoms with van der Waals surface area (Å²) in [6.07, 6.45) is 7.18. The number of hydrogen-bond acceptors (Lipinski definition) is 8. The Morgan fingerprint density at radius 1 is 1.15 bits per heavy atom. The van der Waals surface area contributed by atoms with E-state index >= 15 is 0 Å². The van der Waals surface area contributed by atoms with Gasteiger partial charge in [0.15, 0.2) is 0 Å². The first-order valence-electron chi connectivity index (χ1n) is 10.1. The molecule has 0 bridgehead atoms. The summed E-state index contributed by atoms with van der Waals surface area (Å²) in [5, 5.41) is 2.59. The average molecular weight is 476 g/mol. The van der Waals surface area contributed by atoms with Gasteiger partial charge in [0.25, 0.3) is 5.91 Å². The van der Waals surface area contributed by atoms with E-state index in [1.54, 1.807) is 36.7 Å². The summed E-state index contributed by atoms with van der Waals surface area (Å²) >= 11 is 0. The van der Waals surface area contributed by atoms with Crippen LogP contribution in [0.4, 0.5) is 0 Å². The Labute approximate surface area is 191 Å². The molecular formula is C21H25N5O6S. The molecule has 176 valence electrons. The molecule has 12 heteroatoms. The number of ether oxygens (including phenoxy) is 1. The number of aromatic nitrogens is 2. The molecular weight excluding hydrogens is 450 g/mol. The van der Waals surface area contributed by atoms with Crippen LogP contribution in [0.3, 0.4) is 0 Å². The molecule has 3 rings (SSSR count). The summed E-state index contributed by atoms with van der Waals surface area (Å²) in [4.78, 5) is 47.7. The summed E-state index contributed by atoms with van der Waals surface area (Å²) in [6.45, 7) is -0.122. The van der Waals surface area contributed by atoms with Gasteiger partial charge >= 0.3 is 5.97 Å². The van der Waals surface area contributed by atoms with Crippen LogP contribution < -0.4 is 5.32 Å². The zero-order valence-electron chi connectivity index (χ0n) is 18.2. The van der Waals surface area contributed by atoms with Gasteiger partial charge in [0, 0.05) is 50.8 Å². The number of rotatable bonds is 7. The van der Waals surface area contributed by atoms with Gasteiger partial charge in [-0.2, -0.15) is 4.31 Å². The monoisotopic (exact) mass is 475 g/mol. The number of carbonyl (C=O) groups is 3. The molecule has 2 amide bonds. The minimum absolute atomic E-state index is 0.0611. The highest BCUT2D eigenvalue weighted by molar-refractivity contribution is 7.88. The molecule has 11 nitrogen and oxygen atoms in total. The SMILES string of the molecule is COC(=O)[C@@H](Cc1cccnc1)NC(=O)[C@@H]1CN(C(=O)c2cccnc2)CCN1S(C)(=O)=O. The van der Waals surface area contributed by atoms with E-state index < -0.39 is 34.0 Å². The van der Waals surface area contributed by atoms with Crippen molar-refractivity contribution in [2.24, 2.45) is 0 Å². The van der Waals surface area contributed by atoms with Crippen LogP contribution in [0.15, 0.2) is 49.1 Å². The van der Waals surface area contributed by atoms with E-state index in [4.69, 9.17) is 4.74 Å². The quantitative estimate of drug-likeness (QED) is 0.527. The van der Waals surface area contributed by atoms with Gasteiger partial charge in [-0.05, 0) is 23.8 Å². The van der Waals surface area contributed by atoms with E-state index in [0.717, 1.165) is 10.6 Å². The number of nitrogens with one attached hydrogen (secondary N) is 1. The fraction of sp³-hybridized carbons (Fsp3) is 0.381. The lowest BCUT2D eigenvalue weighted by Crippen LogP contribution is -2.62. The van der Waals surface area contributed by atoms with Gasteiger partial charge in [-0.1, -0.05) is 6.07 Å². The van der Waals surface area contributed by atoms with Crippen molar-refractivity contribution in [2.75, 3.05) is 33.0 Å². The third-order valence-electron chi connectivity index (χ3n) is 5.22. The second kappa shape index (κ2) is 10.5. The van der Waals surface area contributed by atoms with Gasteiger partial charge in [0.2, 0.25) is 15.9 Å². The summed E-state index contributed by atoms with van der Waals surface area (Å²) in [5.41, 5.74) is 1.01. The van der Waals surface area contributed by atoms with Crippen molar-refractivity contribution in [3.05, 3.63) is 60.2 Å². The van der Waals surface area contributed by atoms with Gasteiger partial charge in [0.1, 0.15) is 12.1 Å². The fourth-order valence-electron chi connectivity index (χ4n) is 3.59. The molecule has 1 aliphatic rings. The highest BCUT2D eigenvalue weighted by Crippen LogP contribution is 2.17. The third kappa shape index (κ3) is 6.11. The molecule has 1 N–H and O–H groups in total. The first-order chi connectivity index (χ1) is 15.7. The van der Waals surface area contributed by atoms with Crippen molar-refractivity contribution in [3.8, 4) is 0 Å². The molecule has 2 aromatic heterocycles. The molecule has 1 saturated heterocycles. The lowest BCUT2D eigenvalue weighted by molar-refractivity contribution is -0.145. The topological polar surface area (TPSA) is 139 Å². The molecule has 0 radical (unpaired) electrons. The minimum Gasteiger partial charge on any atom is -0.467 e. The van der Waals surface area contributed by atoms with Gasteiger partial charge in [-0.3, -0.25) is 19.6 Å². The smallest absolute Gasteiger partial charge is 0.328 e. The molecule has 1 aliphatic heterocycles. The average Bonchev–Trinajstić information content (AvgIpc) is 2.82. The zero-order chi connectivity index (χ0) is 24.0. The Morgan fingerprint density at radius 2 is 1.85 bits per heavy atom. The van der Waals surface area contributed by atoms with Crippen LogP contribution in [0.5, 0.6) is 0 Å². The molecule has 0 spiro atoms. The van der Waals surface area contributed by atoms with Gasteiger partial charge in [-0.15, -0.1) is 0 Å². The van der Waals surface area contributed by atoms with Crippen molar-refractivity contribution >= 4 is 27.8 Å². The Hall–Kier alpha value is -3.38. The molecule has 2 aromatic rings. The number of sulfonamides is 1. The predicted molar refractivity (Wildman–Crippen MR) is 117 cm³/mol. The summed E-state index contributed by atoms with van der Waals surface area (Å²) < 4.78 is 30.5. The standard InChI is InChI=1S/C21H25N5O6S/c1-32-21(29)17(11-15-5-3-7-22-12-15)24-19(27)18-14-25(9-10-26(18)33(2,30)31)20(28)16-6-4-8-23-13-16/h3-8,12-13,17-18H,9-11,14H2,1-2H3,(H,24,27)/t17-,18+/m1/s1. The van der Waals surface area contributed by atoms with Crippen molar-refractivity contribution in [1.29, 1.82) is 0 Å². The number of nitrogens with zero attached hydrogens (tertiary/aromatic N) is 4. The minimum atomic E-state index is -3.76. The maximum atomic E-state index is 13.2. The Kier molecular flexibility index (Phi) is 7.71. The number of esters is 1. The van der Waals surface area contributed by atoms with E-state index in [-0.39, 0.29) is 32.0 Å². The first kappa shape index (κ1) is 24.3. The number of amides is 2. The van der Waals surface area contributed by atoms with Gasteiger partial charge < -0.3 is 15.0 Å². The Balaban J connectivity index is 1.82. The highest BCUT2D eigenvalue weighted by atomic mass is 32.2. The first-order valence-corrected chi connectivity index (χ1v) is 12.0. The number of piperazine rings is 1. The normalized spacial score (nSPS) is 17.8. The van der Waals surface area contributed by atoms with Crippen LogP contribution in [-0.4, -0.2) is 90.5 Å².